The van der Waals surface area contributed by atoms with E-state index >= 15 is 0 Å². The predicted molar refractivity (Wildman–Crippen MR) is 72.7 cm³/mol. The molecule has 0 aromatic carbocycles. The Morgan fingerprint density at radius 3 is 2.79 bits per heavy atom. The second kappa shape index (κ2) is 4.05. The fourth-order valence-corrected chi connectivity index (χ4v) is 6.11. The number of ketones is 1. The molecule has 106 valence electrons. The minimum absolute atomic E-state index is 0.134. The van der Waals surface area contributed by atoms with E-state index < -0.39 is 0 Å². The van der Waals surface area contributed by atoms with E-state index in [-0.39, 0.29) is 23.5 Å². The average Bonchev–Trinajstić information content (AvgIpc) is 2.40. The topological polar surface area (TPSA) is 40.5 Å². The minimum Gasteiger partial charge on any atom is -0.393 e. The Bertz CT molecular complexity index is 408. The van der Waals surface area contributed by atoms with Crippen LogP contribution in [0.15, 0.2) is 0 Å². The Kier molecular flexibility index (Phi) is 2.63. The Labute approximate surface area is 115 Å². The highest BCUT2D eigenvalue weighted by Crippen LogP contribution is 2.59. The van der Waals surface area contributed by atoms with Gasteiger partial charge in [0.2, 0.25) is 0 Å². The van der Waals surface area contributed by atoms with Gasteiger partial charge >= 0.3 is 0 Å². The number of rotatable bonds is 0. The van der Waals surface area contributed by atoms with Crippen molar-refractivity contribution in [3.8, 4) is 0 Å². The molecule has 2 heterocycles. The molecule has 0 unspecified atom stereocenters. The van der Waals surface area contributed by atoms with Crippen molar-refractivity contribution in [1.29, 1.82) is 0 Å². The monoisotopic (exact) mass is 263 g/mol. The van der Waals surface area contributed by atoms with Crippen molar-refractivity contribution in [2.45, 2.75) is 57.1 Å². The van der Waals surface area contributed by atoms with Crippen molar-refractivity contribution in [3.63, 3.8) is 0 Å². The standard InChI is InChI=1S/C16H25NO2/c1-10-9-16-12-4-2-6-17(16)7-3-5-13(16)14(18)8-11(12)15(10)19/h10-13,15,19H,2-9H2,1H3/t10-,11+,12-,13+,15+,16-/m1/s1. The summed E-state index contributed by atoms with van der Waals surface area (Å²) in [5.74, 6) is 1.91. The number of aliphatic hydroxyl groups is 1. The first-order valence-electron chi connectivity index (χ1n) is 8.10. The maximum Gasteiger partial charge on any atom is 0.138 e. The summed E-state index contributed by atoms with van der Waals surface area (Å²) in [5.41, 5.74) is 0.134. The molecule has 4 rings (SSSR count). The van der Waals surface area contributed by atoms with Crippen LogP contribution in [0.1, 0.15) is 45.4 Å². The number of piperidine rings is 2. The maximum atomic E-state index is 12.6. The van der Waals surface area contributed by atoms with Gasteiger partial charge in [0.1, 0.15) is 5.78 Å². The number of hydrogen-bond donors (Lipinski definition) is 1. The molecule has 1 N–H and O–H groups in total. The molecule has 2 saturated heterocycles. The molecule has 4 aliphatic rings. The summed E-state index contributed by atoms with van der Waals surface area (Å²) in [7, 11) is 0. The quantitative estimate of drug-likeness (QED) is 0.725. The molecule has 1 spiro atoms. The maximum absolute atomic E-state index is 12.6. The van der Waals surface area contributed by atoms with E-state index in [0.29, 0.717) is 24.0 Å². The smallest absolute Gasteiger partial charge is 0.138 e. The van der Waals surface area contributed by atoms with Crippen LogP contribution in [0.25, 0.3) is 0 Å². The Morgan fingerprint density at radius 2 is 2.00 bits per heavy atom. The SMILES string of the molecule is C[C@@H]1C[C@]23[C@@H]4CCCN2CCC[C@H]3C(=O)C[C@@H]4[C@H]1O. The van der Waals surface area contributed by atoms with Crippen molar-refractivity contribution < 1.29 is 9.90 Å². The molecule has 4 fully saturated rings. The van der Waals surface area contributed by atoms with Crippen LogP contribution < -0.4 is 0 Å². The molecule has 6 atom stereocenters. The first kappa shape index (κ1) is 12.3. The van der Waals surface area contributed by atoms with Gasteiger partial charge in [0.15, 0.2) is 0 Å². The Hall–Kier alpha value is -0.410. The van der Waals surface area contributed by atoms with Gasteiger partial charge in [-0.1, -0.05) is 6.92 Å². The van der Waals surface area contributed by atoms with Crippen LogP contribution in [-0.4, -0.2) is 40.5 Å². The summed E-state index contributed by atoms with van der Waals surface area (Å²) in [6, 6.07) is 0. The number of carbonyl (C=O) groups excluding carboxylic acids is 1. The highest BCUT2D eigenvalue weighted by molar-refractivity contribution is 5.84. The van der Waals surface area contributed by atoms with Crippen LogP contribution in [0.3, 0.4) is 0 Å². The normalized spacial score (nSPS) is 53.8. The van der Waals surface area contributed by atoms with Crippen LogP contribution in [0.5, 0.6) is 0 Å². The molecule has 2 aliphatic carbocycles. The molecule has 3 heteroatoms. The van der Waals surface area contributed by atoms with E-state index in [1.807, 2.05) is 0 Å². The first-order chi connectivity index (χ1) is 9.14. The highest BCUT2D eigenvalue weighted by atomic mass is 16.3. The average molecular weight is 263 g/mol. The van der Waals surface area contributed by atoms with Gasteiger partial charge in [0.25, 0.3) is 0 Å². The Balaban J connectivity index is 1.83. The summed E-state index contributed by atoms with van der Waals surface area (Å²) < 4.78 is 0. The molecule has 0 aromatic rings. The molecule has 0 aromatic heterocycles. The largest absolute Gasteiger partial charge is 0.393 e. The lowest BCUT2D eigenvalue weighted by Crippen LogP contribution is -2.73. The number of Topliss-reactive ketones (excluding diaryl/α,β-unsaturated/α-hetero) is 1. The highest BCUT2D eigenvalue weighted by Gasteiger charge is 2.64. The number of nitrogens with zero attached hydrogens (tertiary/aromatic N) is 1. The van der Waals surface area contributed by atoms with Gasteiger partial charge in [0, 0.05) is 17.9 Å². The third-order valence-corrected chi connectivity index (χ3v) is 6.71. The van der Waals surface area contributed by atoms with E-state index in [9.17, 15) is 9.90 Å². The van der Waals surface area contributed by atoms with E-state index in [0.717, 1.165) is 12.8 Å². The summed E-state index contributed by atoms with van der Waals surface area (Å²) in [5, 5.41) is 10.5. The summed E-state index contributed by atoms with van der Waals surface area (Å²) in [6.07, 6.45) is 6.22. The van der Waals surface area contributed by atoms with Crippen molar-refractivity contribution in [2.24, 2.45) is 23.7 Å². The lowest BCUT2D eigenvalue weighted by molar-refractivity contribution is -0.194. The first-order valence-corrected chi connectivity index (χ1v) is 8.10. The molecular weight excluding hydrogens is 238 g/mol. The van der Waals surface area contributed by atoms with Gasteiger partial charge in [-0.05, 0) is 62.9 Å². The summed E-state index contributed by atoms with van der Waals surface area (Å²) in [4.78, 5) is 15.2. The van der Waals surface area contributed by atoms with Crippen molar-refractivity contribution in [2.75, 3.05) is 13.1 Å². The predicted octanol–water partition coefficient (Wildman–Crippen LogP) is 1.84. The molecule has 0 amide bonds. The zero-order valence-electron chi connectivity index (χ0n) is 11.8. The number of carbonyl (C=O) groups is 1. The van der Waals surface area contributed by atoms with E-state index in [2.05, 4.69) is 11.8 Å². The number of hydrogen-bond acceptors (Lipinski definition) is 3. The second-order valence-electron chi connectivity index (χ2n) is 7.43. The zero-order valence-corrected chi connectivity index (χ0v) is 11.8. The van der Waals surface area contributed by atoms with Crippen molar-refractivity contribution >= 4 is 5.78 Å². The number of aliphatic hydroxyl groups excluding tert-OH is 1. The van der Waals surface area contributed by atoms with Crippen LogP contribution in [-0.2, 0) is 4.79 Å². The van der Waals surface area contributed by atoms with Crippen LogP contribution >= 0.6 is 0 Å². The molecule has 2 bridgehead atoms. The summed E-state index contributed by atoms with van der Waals surface area (Å²) >= 11 is 0. The lowest BCUT2D eigenvalue weighted by Gasteiger charge is -2.66. The lowest BCUT2D eigenvalue weighted by atomic mass is 9.48. The van der Waals surface area contributed by atoms with Crippen LogP contribution in [0, 0.1) is 23.7 Å². The minimum atomic E-state index is -0.248. The Morgan fingerprint density at radius 1 is 1.26 bits per heavy atom. The van der Waals surface area contributed by atoms with Gasteiger partial charge in [0.05, 0.1) is 6.10 Å². The second-order valence-corrected chi connectivity index (χ2v) is 7.43. The molecule has 0 radical (unpaired) electrons. The van der Waals surface area contributed by atoms with E-state index in [4.69, 9.17) is 0 Å². The molecule has 2 aliphatic heterocycles. The zero-order chi connectivity index (χ0) is 13.2. The molecular formula is C16H25NO2. The van der Waals surface area contributed by atoms with Crippen LogP contribution in [0.4, 0.5) is 0 Å². The van der Waals surface area contributed by atoms with Crippen LogP contribution in [0.2, 0.25) is 0 Å². The van der Waals surface area contributed by atoms with Gasteiger partial charge < -0.3 is 5.11 Å². The molecule has 19 heavy (non-hydrogen) atoms. The van der Waals surface area contributed by atoms with Crippen molar-refractivity contribution in [1.82, 2.24) is 4.90 Å². The van der Waals surface area contributed by atoms with Gasteiger partial charge in [-0.3, -0.25) is 9.69 Å². The van der Waals surface area contributed by atoms with Crippen molar-refractivity contribution in [3.05, 3.63) is 0 Å². The fourth-order valence-electron chi connectivity index (χ4n) is 6.11. The third kappa shape index (κ3) is 1.43. The summed E-state index contributed by atoms with van der Waals surface area (Å²) in [6.45, 7) is 4.54. The van der Waals surface area contributed by atoms with E-state index in [1.54, 1.807) is 0 Å². The third-order valence-electron chi connectivity index (χ3n) is 6.71. The molecule has 2 saturated carbocycles. The van der Waals surface area contributed by atoms with Gasteiger partial charge in [-0.25, -0.2) is 0 Å². The van der Waals surface area contributed by atoms with Gasteiger partial charge in [-0.15, -0.1) is 0 Å². The fraction of sp³-hybridized carbons (Fsp3) is 0.938. The van der Waals surface area contributed by atoms with E-state index in [1.165, 1.54) is 32.4 Å². The van der Waals surface area contributed by atoms with Gasteiger partial charge in [-0.2, -0.15) is 0 Å². The molecule has 3 nitrogen and oxygen atoms in total.